The standard InChI is InChI=1S/C26H39N5O5/c1-19-15-31(20(2)18-32)26(34)22-13-21(7-6-8-28(3)4)14-27-25(22)36-23(19)16-29(5)24(33)17-30-9-11-35-12-10-30/h13-14,19-20,23,32H,8-12,15-18H2,1-5H3/t19-,20-,23-/m1/s1. The number of carbonyl (C=O) groups excluding carboxylic acids is 2. The lowest BCUT2D eigenvalue weighted by molar-refractivity contribution is -0.133. The second kappa shape index (κ2) is 13.0. The summed E-state index contributed by atoms with van der Waals surface area (Å²) in [6, 6.07) is 1.32. The lowest BCUT2D eigenvalue weighted by Crippen LogP contribution is -2.51. The predicted octanol–water partition coefficient (Wildman–Crippen LogP) is 0.00540. The number of aliphatic hydroxyl groups excluding tert-OH is 1. The van der Waals surface area contributed by atoms with Gasteiger partial charge in [0.15, 0.2) is 0 Å². The normalized spacial score (nSPS) is 21.5. The van der Waals surface area contributed by atoms with Gasteiger partial charge in [0, 0.05) is 44.4 Å². The fourth-order valence-corrected chi connectivity index (χ4v) is 4.13. The Morgan fingerprint density at radius 2 is 2.03 bits per heavy atom. The van der Waals surface area contributed by atoms with Crippen molar-refractivity contribution in [3.05, 3.63) is 23.4 Å². The van der Waals surface area contributed by atoms with E-state index in [4.69, 9.17) is 9.47 Å². The van der Waals surface area contributed by atoms with Crippen molar-refractivity contribution in [2.75, 3.05) is 80.2 Å². The van der Waals surface area contributed by atoms with Crippen molar-refractivity contribution < 1.29 is 24.2 Å². The molecule has 0 bridgehead atoms. The van der Waals surface area contributed by atoms with E-state index in [1.54, 1.807) is 29.1 Å². The Morgan fingerprint density at radius 3 is 2.69 bits per heavy atom. The first kappa shape index (κ1) is 27.9. The third-order valence-electron chi connectivity index (χ3n) is 6.49. The van der Waals surface area contributed by atoms with Crippen molar-refractivity contribution in [2.24, 2.45) is 5.92 Å². The maximum atomic E-state index is 13.5. The van der Waals surface area contributed by atoms with Crippen molar-refractivity contribution in [3.63, 3.8) is 0 Å². The molecular formula is C26H39N5O5. The van der Waals surface area contributed by atoms with Gasteiger partial charge in [0.25, 0.3) is 5.91 Å². The first-order valence-electron chi connectivity index (χ1n) is 12.5. The number of amides is 2. The van der Waals surface area contributed by atoms with E-state index in [2.05, 4.69) is 21.7 Å². The van der Waals surface area contributed by atoms with Crippen LogP contribution in [0.4, 0.5) is 0 Å². The summed E-state index contributed by atoms with van der Waals surface area (Å²) in [6.07, 6.45) is 1.22. The molecule has 10 nitrogen and oxygen atoms in total. The number of ether oxygens (including phenoxy) is 2. The number of aliphatic hydroxyl groups is 1. The van der Waals surface area contributed by atoms with Crippen LogP contribution in [0.15, 0.2) is 12.3 Å². The lowest BCUT2D eigenvalue weighted by atomic mass is 10.00. The summed E-state index contributed by atoms with van der Waals surface area (Å²) in [5.74, 6) is 5.98. The van der Waals surface area contributed by atoms with Gasteiger partial charge in [-0.25, -0.2) is 4.98 Å². The van der Waals surface area contributed by atoms with Gasteiger partial charge in [0.05, 0.1) is 45.5 Å². The van der Waals surface area contributed by atoms with Gasteiger partial charge in [-0.3, -0.25) is 19.4 Å². The van der Waals surface area contributed by atoms with Gasteiger partial charge in [-0.2, -0.15) is 0 Å². The summed E-state index contributed by atoms with van der Waals surface area (Å²) in [6.45, 7) is 8.04. The van der Waals surface area contributed by atoms with Crippen LogP contribution >= 0.6 is 0 Å². The second-order valence-corrected chi connectivity index (χ2v) is 9.90. The first-order valence-corrected chi connectivity index (χ1v) is 12.5. The first-order chi connectivity index (χ1) is 17.2. The van der Waals surface area contributed by atoms with Crippen LogP contribution < -0.4 is 4.74 Å². The molecule has 3 heterocycles. The third kappa shape index (κ3) is 7.40. The van der Waals surface area contributed by atoms with Gasteiger partial charge < -0.3 is 24.4 Å². The second-order valence-electron chi connectivity index (χ2n) is 9.90. The van der Waals surface area contributed by atoms with Crippen LogP contribution in [-0.4, -0.2) is 134 Å². The zero-order chi connectivity index (χ0) is 26.2. The summed E-state index contributed by atoms with van der Waals surface area (Å²) < 4.78 is 11.7. The summed E-state index contributed by atoms with van der Waals surface area (Å²) in [7, 11) is 5.64. The zero-order valence-electron chi connectivity index (χ0n) is 22.1. The number of nitrogens with zero attached hydrogens (tertiary/aromatic N) is 5. The lowest BCUT2D eigenvalue weighted by Gasteiger charge is -2.38. The summed E-state index contributed by atoms with van der Waals surface area (Å²) in [4.78, 5) is 38.2. The molecule has 2 aliphatic heterocycles. The largest absolute Gasteiger partial charge is 0.472 e. The number of aromatic nitrogens is 1. The quantitative estimate of drug-likeness (QED) is 0.522. The van der Waals surface area contributed by atoms with Gasteiger partial charge in [0.2, 0.25) is 11.8 Å². The monoisotopic (exact) mass is 501 g/mol. The maximum Gasteiger partial charge on any atom is 0.259 e. The SMILES string of the molecule is C[C@@H]1CN([C@H](C)CO)C(=O)c2cc(C#CCN(C)C)cnc2O[C@@H]1CN(C)C(=O)CN1CCOCC1. The van der Waals surface area contributed by atoms with Crippen LogP contribution in [0.2, 0.25) is 0 Å². The molecule has 1 saturated heterocycles. The average Bonchev–Trinajstić information content (AvgIpc) is 2.86. The molecule has 0 saturated carbocycles. The zero-order valence-corrected chi connectivity index (χ0v) is 22.1. The number of likely N-dealkylation sites (N-methyl/N-ethyl adjacent to an activating group) is 1. The van der Waals surface area contributed by atoms with Gasteiger partial charge in [-0.15, -0.1) is 0 Å². The molecule has 36 heavy (non-hydrogen) atoms. The predicted molar refractivity (Wildman–Crippen MR) is 136 cm³/mol. The Labute approximate surface area is 214 Å². The third-order valence-corrected chi connectivity index (χ3v) is 6.49. The van der Waals surface area contributed by atoms with Crippen LogP contribution in [0.1, 0.15) is 29.8 Å². The van der Waals surface area contributed by atoms with E-state index in [1.165, 1.54) is 0 Å². The summed E-state index contributed by atoms with van der Waals surface area (Å²) in [5.41, 5.74) is 0.929. The molecule has 0 aromatic carbocycles. The fraction of sp³-hybridized carbons (Fsp3) is 0.654. The smallest absolute Gasteiger partial charge is 0.259 e. The topological polar surface area (TPSA) is 98.7 Å². The highest BCUT2D eigenvalue weighted by Gasteiger charge is 2.34. The van der Waals surface area contributed by atoms with Crippen LogP contribution in [0.25, 0.3) is 0 Å². The number of carbonyl (C=O) groups is 2. The highest BCUT2D eigenvalue weighted by atomic mass is 16.5. The summed E-state index contributed by atoms with van der Waals surface area (Å²) in [5, 5.41) is 9.83. The molecule has 1 aromatic rings. The van der Waals surface area contributed by atoms with Crippen LogP contribution in [0.3, 0.4) is 0 Å². The van der Waals surface area contributed by atoms with Gasteiger partial charge in [0.1, 0.15) is 11.7 Å². The molecule has 0 spiro atoms. The number of morpholine rings is 1. The Morgan fingerprint density at radius 1 is 1.31 bits per heavy atom. The Balaban J connectivity index is 1.83. The van der Waals surface area contributed by atoms with Crippen molar-refractivity contribution >= 4 is 11.8 Å². The Hall–Kier alpha value is -2.71. The number of pyridine rings is 1. The molecule has 0 unspecified atom stereocenters. The van der Waals surface area contributed by atoms with E-state index in [-0.39, 0.29) is 42.4 Å². The van der Waals surface area contributed by atoms with Crippen molar-refractivity contribution in [1.29, 1.82) is 0 Å². The van der Waals surface area contributed by atoms with Crippen molar-refractivity contribution in [1.82, 2.24) is 24.6 Å². The molecule has 1 N–H and O–H groups in total. The molecule has 3 rings (SSSR count). The minimum atomic E-state index is -0.387. The molecule has 2 aliphatic rings. The highest BCUT2D eigenvalue weighted by molar-refractivity contribution is 5.97. The van der Waals surface area contributed by atoms with Crippen molar-refractivity contribution in [2.45, 2.75) is 26.0 Å². The van der Waals surface area contributed by atoms with Crippen LogP contribution in [-0.2, 0) is 9.53 Å². The highest BCUT2D eigenvalue weighted by Crippen LogP contribution is 2.27. The number of hydrogen-bond acceptors (Lipinski definition) is 8. The van der Waals surface area contributed by atoms with E-state index in [1.807, 2.05) is 32.8 Å². The van der Waals surface area contributed by atoms with Crippen LogP contribution in [0, 0.1) is 17.8 Å². The van der Waals surface area contributed by atoms with Gasteiger partial charge in [-0.1, -0.05) is 18.8 Å². The summed E-state index contributed by atoms with van der Waals surface area (Å²) >= 11 is 0. The minimum absolute atomic E-state index is 0.00566. The van der Waals surface area contributed by atoms with E-state index < -0.39 is 0 Å². The molecule has 198 valence electrons. The molecule has 0 aliphatic carbocycles. The molecule has 1 aromatic heterocycles. The molecule has 10 heteroatoms. The number of rotatable bonds is 7. The maximum absolute atomic E-state index is 13.5. The van der Waals surface area contributed by atoms with E-state index >= 15 is 0 Å². The van der Waals surface area contributed by atoms with E-state index in [0.29, 0.717) is 50.5 Å². The number of fused-ring (bicyclic) bond motifs is 1. The molecule has 3 atom stereocenters. The van der Waals surface area contributed by atoms with E-state index in [9.17, 15) is 14.7 Å². The molecule has 1 fully saturated rings. The number of hydrogen-bond donors (Lipinski definition) is 1. The minimum Gasteiger partial charge on any atom is -0.472 e. The van der Waals surface area contributed by atoms with Crippen LogP contribution in [0.5, 0.6) is 5.88 Å². The van der Waals surface area contributed by atoms with E-state index in [0.717, 1.165) is 13.1 Å². The molecule has 0 radical (unpaired) electrons. The molecular weight excluding hydrogens is 462 g/mol. The average molecular weight is 502 g/mol. The fourth-order valence-electron chi connectivity index (χ4n) is 4.13. The van der Waals surface area contributed by atoms with Gasteiger partial charge >= 0.3 is 0 Å². The Bertz CT molecular complexity index is 969. The van der Waals surface area contributed by atoms with Crippen molar-refractivity contribution in [3.8, 4) is 17.7 Å². The Kier molecular flexibility index (Phi) is 10.1. The molecule has 2 amide bonds. The van der Waals surface area contributed by atoms with Gasteiger partial charge in [-0.05, 0) is 27.1 Å².